The van der Waals surface area contributed by atoms with Crippen molar-refractivity contribution >= 4 is 12.0 Å². The van der Waals surface area contributed by atoms with E-state index in [1.54, 1.807) is 19.2 Å². The summed E-state index contributed by atoms with van der Waals surface area (Å²) in [6, 6.07) is 0.201. The van der Waals surface area contributed by atoms with Crippen molar-refractivity contribution in [2.45, 2.75) is 26.4 Å². The lowest BCUT2D eigenvalue weighted by molar-refractivity contribution is -0.138. The van der Waals surface area contributed by atoms with Crippen LogP contribution in [0.5, 0.6) is 0 Å². The molecule has 0 saturated heterocycles. The summed E-state index contributed by atoms with van der Waals surface area (Å²) in [5.74, 6) is -0.471. The lowest BCUT2D eigenvalue weighted by Gasteiger charge is -2.10. The molecule has 7 nitrogen and oxygen atoms in total. The second kappa shape index (κ2) is 5.78. The summed E-state index contributed by atoms with van der Waals surface area (Å²) in [6.45, 7) is 3.36. The summed E-state index contributed by atoms with van der Waals surface area (Å²) >= 11 is 0. The third-order valence-corrected chi connectivity index (χ3v) is 1.98. The number of hydrogen-bond acceptors (Lipinski definition) is 4. The molecule has 1 aromatic rings. The maximum absolute atomic E-state index is 11.3. The Labute approximate surface area is 98.3 Å². The first-order chi connectivity index (χ1) is 7.99. The molecule has 0 spiro atoms. The smallest absolute Gasteiger partial charge is 0.325 e. The lowest BCUT2D eigenvalue weighted by Crippen LogP contribution is -2.44. The number of nitrogens with one attached hydrogen (secondary N) is 2. The minimum Gasteiger partial charge on any atom is -0.480 e. The van der Waals surface area contributed by atoms with Gasteiger partial charge in [0.2, 0.25) is 0 Å². The van der Waals surface area contributed by atoms with Crippen LogP contribution in [-0.4, -0.2) is 33.1 Å². The van der Waals surface area contributed by atoms with Crippen molar-refractivity contribution in [1.82, 2.24) is 20.6 Å². The Morgan fingerprint density at radius 3 is 2.82 bits per heavy atom. The van der Waals surface area contributed by atoms with E-state index in [0.29, 0.717) is 11.5 Å². The summed E-state index contributed by atoms with van der Waals surface area (Å²) < 4.78 is 0. The van der Waals surface area contributed by atoms with Gasteiger partial charge in [0.05, 0.1) is 12.2 Å². The molecule has 0 bridgehead atoms. The minimum atomic E-state index is -1.09. The van der Waals surface area contributed by atoms with Gasteiger partial charge in [0, 0.05) is 6.20 Å². The van der Waals surface area contributed by atoms with Crippen LogP contribution in [0.15, 0.2) is 12.3 Å². The van der Waals surface area contributed by atoms with Gasteiger partial charge in [-0.25, -0.2) is 14.8 Å². The standard InChI is InChI=1S/C10H14N4O3/c1-6(9(15)16)13-10(17)12-5-8-3-4-11-7(2)14-8/h3-4,6H,5H2,1-2H3,(H,15,16)(H2,12,13,17)/t6-/m0/s1. The van der Waals surface area contributed by atoms with Crippen LogP contribution in [0.4, 0.5) is 4.79 Å². The van der Waals surface area contributed by atoms with E-state index in [2.05, 4.69) is 20.6 Å². The van der Waals surface area contributed by atoms with Crippen LogP contribution in [0.3, 0.4) is 0 Å². The van der Waals surface area contributed by atoms with E-state index < -0.39 is 18.0 Å². The molecule has 2 amide bonds. The largest absolute Gasteiger partial charge is 0.480 e. The number of rotatable bonds is 4. The number of nitrogens with zero attached hydrogens (tertiary/aromatic N) is 2. The number of carbonyl (C=O) groups is 2. The molecule has 17 heavy (non-hydrogen) atoms. The summed E-state index contributed by atoms with van der Waals surface area (Å²) in [6.07, 6.45) is 1.59. The van der Waals surface area contributed by atoms with E-state index in [0.717, 1.165) is 0 Å². The van der Waals surface area contributed by atoms with Gasteiger partial charge in [-0.2, -0.15) is 0 Å². The van der Waals surface area contributed by atoms with E-state index in [-0.39, 0.29) is 6.54 Å². The maximum Gasteiger partial charge on any atom is 0.325 e. The first-order valence-electron chi connectivity index (χ1n) is 5.04. The first-order valence-corrected chi connectivity index (χ1v) is 5.04. The molecule has 1 heterocycles. The molecule has 0 aliphatic carbocycles. The second-order valence-electron chi connectivity index (χ2n) is 3.48. The molecule has 7 heteroatoms. The van der Waals surface area contributed by atoms with Gasteiger partial charge in [-0.3, -0.25) is 4.79 Å². The Bertz CT molecular complexity index is 422. The monoisotopic (exact) mass is 238 g/mol. The molecule has 0 aromatic carbocycles. The zero-order chi connectivity index (χ0) is 12.8. The van der Waals surface area contributed by atoms with Gasteiger partial charge in [0.25, 0.3) is 0 Å². The maximum atomic E-state index is 11.3. The number of carboxylic acids is 1. The van der Waals surface area contributed by atoms with Gasteiger partial charge < -0.3 is 15.7 Å². The highest BCUT2D eigenvalue weighted by molar-refractivity contribution is 5.82. The molecule has 0 aliphatic rings. The second-order valence-corrected chi connectivity index (χ2v) is 3.48. The Morgan fingerprint density at radius 1 is 1.53 bits per heavy atom. The van der Waals surface area contributed by atoms with Gasteiger partial charge in [-0.15, -0.1) is 0 Å². The number of urea groups is 1. The molecular weight excluding hydrogens is 224 g/mol. The van der Waals surface area contributed by atoms with E-state index in [4.69, 9.17) is 5.11 Å². The van der Waals surface area contributed by atoms with Crippen molar-refractivity contribution in [2.24, 2.45) is 0 Å². The van der Waals surface area contributed by atoms with Crippen LogP contribution in [0.1, 0.15) is 18.4 Å². The van der Waals surface area contributed by atoms with Crippen LogP contribution < -0.4 is 10.6 Å². The highest BCUT2D eigenvalue weighted by Gasteiger charge is 2.13. The number of amides is 2. The van der Waals surface area contributed by atoms with Crippen LogP contribution >= 0.6 is 0 Å². The molecule has 1 rings (SSSR count). The van der Waals surface area contributed by atoms with Crippen molar-refractivity contribution in [3.05, 3.63) is 23.8 Å². The molecular formula is C10H14N4O3. The fourth-order valence-corrected chi connectivity index (χ4v) is 1.08. The molecule has 1 atom stereocenters. The summed E-state index contributed by atoms with van der Waals surface area (Å²) in [5.41, 5.74) is 0.663. The number of aryl methyl sites for hydroxylation is 1. The normalized spacial score (nSPS) is 11.6. The minimum absolute atomic E-state index is 0.224. The first kappa shape index (κ1) is 12.9. The van der Waals surface area contributed by atoms with Crippen LogP contribution in [0, 0.1) is 6.92 Å². The highest BCUT2D eigenvalue weighted by Crippen LogP contribution is 1.93. The fraction of sp³-hybridized carbons (Fsp3) is 0.400. The average molecular weight is 238 g/mol. The number of aromatic nitrogens is 2. The van der Waals surface area contributed by atoms with Gasteiger partial charge in [0.1, 0.15) is 11.9 Å². The summed E-state index contributed by atoms with van der Waals surface area (Å²) in [4.78, 5) is 29.8. The predicted octanol–water partition coefficient (Wildman–Crippen LogP) is 0.0573. The Balaban J connectivity index is 2.41. The van der Waals surface area contributed by atoms with Gasteiger partial charge in [-0.05, 0) is 19.9 Å². The summed E-state index contributed by atoms with van der Waals surface area (Å²) in [7, 11) is 0. The molecule has 0 aliphatic heterocycles. The van der Waals surface area contributed by atoms with E-state index in [1.807, 2.05) is 0 Å². The lowest BCUT2D eigenvalue weighted by atomic mass is 10.3. The molecule has 92 valence electrons. The molecule has 0 saturated carbocycles. The van der Waals surface area contributed by atoms with E-state index in [1.165, 1.54) is 6.92 Å². The molecule has 3 N–H and O–H groups in total. The van der Waals surface area contributed by atoms with Crippen molar-refractivity contribution in [3.63, 3.8) is 0 Å². The summed E-state index contributed by atoms with van der Waals surface area (Å²) in [5, 5.41) is 13.4. The van der Waals surface area contributed by atoms with Crippen molar-refractivity contribution in [3.8, 4) is 0 Å². The van der Waals surface area contributed by atoms with Crippen molar-refractivity contribution in [1.29, 1.82) is 0 Å². The number of carboxylic acid groups (broad SMARTS) is 1. The van der Waals surface area contributed by atoms with E-state index >= 15 is 0 Å². The van der Waals surface area contributed by atoms with Gasteiger partial charge in [-0.1, -0.05) is 0 Å². The molecule has 1 aromatic heterocycles. The van der Waals surface area contributed by atoms with Gasteiger partial charge >= 0.3 is 12.0 Å². The van der Waals surface area contributed by atoms with Crippen LogP contribution in [0.2, 0.25) is 0 Å². The quantitative estimate of drug-likeness (QED) is 0.688. The Morgan fingerprint density at radius 2 is 2.24 bits per heavy atom. The zero-order valence-electron chi connectivity index (χ0n) is 9.60. The SMILES string of the molecule is Cc1nccc(CNC(=O)N[C@@H](C)C(=O)O)n1. The van der Waals surface area contributed by atoms with Crippen molar-refractivity contribution < 1.29 is 14.7 Å². The number of hydrogen-bond donors (Lipinski definition) is 3. The van der Waals surface area contributed by atoms with Crippen LogP contribution in [-0.2, 0) is 11.3 Å². The Hall–Kier alpha value is -2.18. The van der Waals surface area contributed by atoms with Gasteiger partial charge in [0.15, 0.2) is 0 Å². The van der Waals surface area contributed by atoms with Crippen LogP contribution in [0.25, 0.3) is 0 Å². The third kappa shape index (κ3) is 4.45. The predicted molar refractivity (Wildman–Crippen MR) is 59.2 cm³/mol. The Kier molecular flexibility index (Phi) is 4.38. The molecule has 0 radical (unpaired) electrons. The fourth-order valence-electron chi connectivity index (χ4n) is 1.08. The molecule has 0 fully saturated rings. The molecule has 0 unspecified atom stereocenters. The van der Waals surface area contributed by atoms with Crippen molar-refractivity contribution in [2.75, 3.05) is 0 Å². The number of aliphatic carboxylic acids is 1. The third-order valence-electron chi connectivity index (χ3n) is 1.98. The van der Waals surface area contributed by atoms with E-state index in [9.17, 15) is 9.59 Å². The highest BCUT2D eigenvalue weighted by atomic mass is 16.4. The number of carbonyl (C=O) groups excluding carboxylic acids is 1. The zero-order valence-corrected chi connectivity index (χ0v) is 9.60. The average Bonchev–Trinajstić information content (AvgIpc) is 2.26. The topological polar surface area (TPSA) is 104 Å².